The lowest BCUT2D eigenvalue weighted by atomic mass is 10.1. The third-order valence-corrected chi connectivity index (χ3v) is 3.36. The Labute approximate surface area is 121 Å². The van der Waals surface area contributed by atoms with Gasteiger partial charge in [0.15, 0.2) is 0 Å². The molecule has 2 unspecified atom stereocenters. The van der Waals surface area contributed by atoms with E-state index in [-0.39, 0.29) is 17.9 Å². The van der Waals surface area contributed by atoms with Gasteiger partial charge in [0.2, 0.25) is 0 Å². The minimum Gasteiger partial charge on any atom is -0.405 e. The highest BCUT2D eigenvalue weighted by atomic mass is 19.4. The molecular formula is C14H19F3N2O2. The smallest absolute Gasteiger partial charge is 0.405 e. The SMILES string of the molecule is CC(N)C1CN(Cc2ccccc2OC(F)(F)F)CCO1. The molecule has 1 heterocycles. The van der Waals surface area contributed by atoms with Crippen molar-refractivity contribution in [1.82, 2.24) is 4.90 Å². The fraction of sp³-hybridized carbons (Fsp3) is 0.571. The molecule has 1 aliphatic heterocycles. The Hall–Kier alpha value is -1.31. The lowest BCUT2D eigenvalue weighted by molar-refractivity contribution is -0.275. The Balaban J connectivity index is 2.05. The first-order valence-corrected chi connectivity index (χ1v) is 6.78. The van der Waals surface area contributed by atoms with Gasteiger partial charge in [-0.05, 0) is 13.0 Å². The number of halogens is 3. The number of para-hydroxylation sites is 1. The molecule has 21 heavy (non-hydrogen) atoms. The lowest BCUT2D eigenvalue weighted by Crippen LogP contribution is -2.49. The number of hydrogen-bond donors (Lipinski definition) is 1. The van der Waals surface area contributed by atoms with E-state index in [2.05, 4.69) is 4.74 Å². The summed E-state index contributed by atoms with van der Waals surface area (Å²) in [5, 5.41) is 0. The van der Waals surface area contributed by atoms with Crippen LogP contribution in [-0.4, -0.2) is 43.1 Å². The van der Waals surface area contributed by atoms with Crippen molar-refractivity contribution in [2.75, 3.05) is 19.7 Å². The van der Waals surface area contributed by atoms with E-state index in [1.54, 1.807) is 12.1 Å². The maximum atomic E-state index is 12.4. The summed E-state index contributed by atoms with van der Waals surface area (Å²) in [6.07, 6.45) is -4.79. The van der Waals surface area contributed by atoms with Crippen molar-refractivity contribution in [3.05, 3.63) is 29.8 Å². The van der Waals surface area contributed by atoms with Crippen LogP contribution in [0.4, 0.5) is 13.2 Å². The van der Waals surface area contributed by atoms with Crippen LogP contribution in [0.2, 0.25) is 0 Å². The minimum atomic E-state index is -4.69. The van der Waals surface area contributed by atoms with E-state index >= 15 is 0 Å². The van der Waals surface area contributed by atoms with Gasteiger partial charge in [-0.2, -0.15) is 0 Å². The van der Waals surface area contributed by atoms with Gasteiger partial charge in [-0.1, -0.05) is 18.2 Å². The van der Waals surface area contributed by atoms with Crippen molar-refractivity contribution in [3.8, 4) is 5.75 Å². The van der Waals surface area contributed by atoms with Crippen LogP contribution in [0.5, 0.6) is 5.75 Å². The molecule has 1 aromatic carbocycles. The summed E-state index contributed by atoms with van der Waals surface area (Å²) in [6, 6.07) is 6.06. The van der Waals surface area contributed by atoms with E-state index in [4.69, 9.17) is 10.5 Å². The van der Waals surface area contributed by atoms with E-state index in [9.17, 15) is 13.2 Å². The summed E-state index contributed by atoms with van der Waals surface area (Å²) in [4.78, 5) is 2.02. The minimum absolute atomic E-state index is 0.102. The average molecular weight is 304 g/mol. The fourth-order valence-electron chi connectivity index (χ4n) is 2.29. The molecule has 1 fully saturated rings. The third kappa shape index (κ3) is 4.87. The second-order valence-electron chi connectivity index (χ2n) is 5.16. The monoisotopic (exact) mass is 304 g/mol. The van der Waals surface area contributed by atoms with Gasteiger partial charge in [-0.15, -0.1) is 13.2 Å². The number of ether oxygens (including phenoxy) is 2. The number of morpholine rings is 1. The van der Waals surface area contributed by atoms with Gasteiger partial charge in [0.25, 0.3) is 0 Å². The summed E-state index contributed by atoms with van der Waals surface area (Å²) in [5.41, 5.74) is 6.31. The molecule has 118 valence electrons. The van der Waals surface area contributed by atoms with Gasteiger partial charge in [0.05, 0.1) is 12.7 Å². The van der Waals surface area contributed by atoms with Crippen LogP contribution in [0.1, 0.15) is 12.5 Å². The van der Waals surface area contributed by atoms with Gasteiger partial charge < -0.3 is 15.2 Å². The molecule has 7 heteroatoms. The van der Waals surface area contributed by atoms with Gasteiger partial charge >= 0.3 is 6.36 Å². The zero-order valence-electron chi connectivity index (χ0n) is 11.8. The molecule has 0 bridgehead atoms. The maximum absolute atomic E-state index is 12.4. The topological polar surface area (TPSA) is 47.7 Å². The number of alkyl halides is 3. The molecule has 1 aromatic rings. The van der Waals surface area contributed by atoms with Crippen molar-refractivity contribution >= 4 is 0 Å². The second kappa shape index (κ2) is 6.64. The number of hydrogen-bond acceptors (Lipinski definition) is 4. The Morgan fingerprint density at radius 3 is 2.81 bits per heavy atom. The first-order chi connectivity index (χ1) is 9.85. The summed E-state index contributed by atoms with van der Waals surface area (Å²) in [7, 11) is 0. The molecule has 4 nitrogen and oxygen atoms in total. The van der Waals surface area contributed by atoms with Crippen molar-refractivity contribution in [3.63, 3.8) is 0 Å². The summed E-state index contributed by atoms with van der Waals surface area (Å²) < 4.78 is 46.8. The lowest BCUT2D eigenvalue weighted by Gasteiger charge is -2.35. The fourth-order valence-corrected chi connectivity index (χ4v) is 2.29. The standard InChI is InChI=1S/C14H19F3N2O2/c1-10(18)13-9-19(6-7-20-13)8-11-4-2-3-5-12(11)21-14(15,16)17/h2-5,10,13H,6-9,18H2,1H3. The number of nitrogens with two attached hydrogens (primary N) is 1. The molecule has 0 saturated carbocycles. The summed E-state index contributed by atoms with van der Waals surface area (Å²) >= 11 is 0. The normalized spacial score (nSPS) is 22.0. The van der Waals surface area contributed by atoms with E-state index in [0.717, 1.165) is 0 Å². The van der Waals surface area contributed by atoms with Crippen LogP contribution >= 0.6 is 0 Å². The Kier molecular flexibility index (Phi) is 5.08. The van der Waals surface area contributed by atoms with Crippen LogP contribution in [0.15, 0.2) is 24.3 Å². The Bertz CT molecular complexity index is 466. The van der Waals surface area contributed by atoms with Crippen molar-refractivity contribution in [2.45, 2.75) is 32.0 Å². The van der Waals surface area contributed by atoms with Gasteiger partial charge in [-0.25, -0.2) is 0 Å². The third-order valence-electron chi connectivity index (χ3n) is 3.36. The maximum Gasteiger partial charge on any atom is 0.573 e. The molecule has 0 aliphatic carbocycles. The molecule has 2 N–H and O–H groups in total. The number of rotatable bonds is 4. The first-order valence-electron chi connectivity index (χ1n) is 6.78. The van der Waals surface area contributed by atoms with Gasteiger partial charge in [0, 0.05) is 31.2 Å². The van der Waals surface area contributed by atoms with Crippen LogP contribution in [-0.2, 0) is 11.3 Å². The first kappa shape index (κ1) is 16.1. The predicted molar refractivity (Wildman–Crippen MR) is 71.8 cm³/mol. The van der Waals surface area contributed by atoms with Crippen LogP contribution in [0.25, 0.3) is 0 Å². The van der Waals surface area contributed by atoms with Gasteiger partial charge in [-0.3, -0.25) is 4.90 Å². The van der Waals surface area contributed by atoms with Crippen LogP contribution in [0.3, 0.4) is 0 Å². The highest BCUT2D eigenvalue weighted by molar-refractivity contribution is 5.33. The molecule has 0 radical (unpaired) electrons. The van der Waals surface area contributed by atoms with Crippen molar-refractivity contribution in [2.24, 2.45) is 5.73 Å². The molecule has 1 saturated heterocycles. The van der Waals surface area contributed by atoms with Crippen molar-refractivity contribution < 1.29 is 22.6 Å². The Morgan fingerprint density at radius 2 is 2.14 bits per heavy atom. The average Bonchev–Trinajstić information content (AvgIpc) is 2.40. The predicted octanol–water partition coefficient (Wildman–Crippen LogP) is 2.13. The van der Waals surface area contributed by atoms with E-state index < -0.39 is 6.36 Å². The van der Waals surface area contributed by atoms with E-state index in [0.29, 0.717) is 31.8 Å². The van der Waals surface area contributed by atoms with Crippen LogP contribution < -0.4 is 10.5 Å². The summed E-state index contributed by atoms with van der Waals surface area (Å²) in [5.74, 6) is -0.158. The molecular weight excluding hydrogens is 285 g/mol. The molecule has 0 aromatic heterocycles. The Morgan fingerprint density at radius 1 is 1.43 bits per heavy atom. The van der Waals surface area contributed by atoms with Crippen molar-refractivity contribution in [1.29, 1.82) is 0 Å². The highest BCUT2D eigenvalue weighted by Crippen LogP contribution is 2.27. The zero-order valence-corrected chi connectivity index (χ0v) is 11.8. The van der Waals surface area contributed by atoms with Gasteiger partial charge in [0.1, 0.15) is 5.75 Å². The second-order valence-corrected chi connectivity index (χ2v) is 5.16. The summed E-state index contributed by atoms with van der Waals surface area (Å²) in [6.45, 7) is 4.00. The number of benzene rings is 1. The highest BCUT2D eigenvalue weighted by Gasteiger charge is 2.32. The largest absolute Gasteiger partial charge is 0.573 e. The quantitative estimate of drug-likeness (QED) is 0.926. The van der Waals surface area contributed by atoms with E-state index in [1.807, 2.05) is 11.8 Å². The number of nitrogens with zero attached hydrogens (tertiary/aromatic N) is 1. The molecule has 0 spiro atoms. The molecule has 1 aliphatic rings. The van der Waals surface area contributed by atoms with Crippen LogP contribution in [0, 0.1) is 0 Å². The zero-order chi connectivity index (χ0) is 15.5. The van der Waals surface area contributed by atoms with E-state index in [1.165, 1.54) is 12.1 Å². The molecule has 0 amide bonds. The molecule has 2 rings (SSSR count). The molecule has 2 atom stereocenters.